The highest BCUT2D eigenvalue weighted by Crippen LogP contribution is 2.12. The predicted molar refractivity (Wildman–Crippen MR) is 89.5 cm³/mol. The lowest BCUT2D eigenvalue weighted by Crippen LogP contribution is -2.42. The summed E-state index contributed by atoms with van der Waals surface area (Å²) in [4.78, 5) is 11.6. The van der Waals surface area contributed by atoms with Gasteiger partial charge in [-0.15, -0.1) is 0 Å². The molecule has 0 aliphatic carbocycles. The van der Waals surface area contributed by atoms with E-state index in [1.165, 1.54) is 5.56 Å². The van der Waals surface area contributed by atoms with Crippen molar-refractivity contribution < 1.29 is 17.9 Å². The molecule has 1 fully saturated rings. The Kier molecular flexibility index (Phi) is 6.27. The molecule has 1 heterocycles. The normalized spacial score (nSPS) is 19.3. The maximum Gasteiger partial charge on any atom is 0.315 e. The molecule has 128 valence electrons. The van der Waals surface area contributed by atoms with Crippen LogP contribution >= 0.6 is 0 Å². The molecule has 2 N–H and O–H groups in total. The Morgan fingerprint density at radius 2 is 2.00 bits per heavy atom. The van der Waals surface area contributed by atoms with Crippen LogP contribution < -0.4 is 15.4 Å². The molecule has 0 radical (unpaired) electrons. The molecule has 1 aliphatic heterocycles. The van der Waals surface area contributed by atoms with Crippen LogP contribution in [0.15, 0.2) is 24.3 Å². The fourth-order valence-corrected chi connectivity index (χ4v) is 4.07. The molecule has 0 spiro atoms. The average Bonchev–Trinajstić information content (AvgIpc) is 2.83. The first kappa shape index (κ1) is 17.6. The smallest absolute Gasteiger partial charge is 0.315 e. The van der Waals surface area contributed by atoms with Gasteiger partial charge in [-0.05, 0) is 38.3 Å². The van der Waals surface area contributed by atoms with E-state index in [1.807, 2.05) is 31.2 Å². The molecule has 7 heteroatoms. The third kappa shape index (κ3) is 6.48. The molecule has 1 aromatic carbocycles. The zero-order valence-corrected chi connectivity index (χ0v) is 14.2. The molecule has 2 amide bonds. The van der Waals surface area contributed by atoms with Crippen molar-refractivity contribution in [3.63, 3.8) is 0 Å². The number of carbonyl (C=O) groups excluding carboxylic acids is 1. The van der Waals surface area contributed by atoms with Gasteiger partial charge in [-0.1, -0.05) is 17.7 Å². The van der Waals surface area contributed by atoms with E-state index < -0.39 is 9.84 Å². The number of amides is 2. The Labute approximate surface area is 137 Å². The molecule has 1 saturated heterocycles. The minimum Gasteiger partial charge on any atom is -0.494 e. The number of ether oxygens (including phenoxy) is 1. The van der Waals surface area contributed by atoms with E-state index in [0.29, 0.717) is 19.6 Å². The molecule has 0 unspecified atom stereocenters. The van der Waals surface area contributed by atoms with Crippen LogP contribution in [0, 0.1) is 6.92 Å². The van der Waals surface area contributed by atoms with Crippen LogP contribution in [-0.2, 0) is 9.84 Å². The molecule has 0 saturated carbocycles. The van der Waals surface area contributed by atoms with Crippen molar-refractivity contribution in [3.8, 4) is 5.75 Å². The highest BCUT2D eigenvalue weighted by molar-refractivity contribution is 7.91. The summed E-state index contributed by atoms with van der Waals surface area (Å²) in [6.07, 6.45) is 2.15. The quantitative estimate of drug-likeness (QED) is 0.739. The maximum atomic E-state index is 11.6. The van der Waals surface area contributed by atoms with Gasteiger partial charge in [-0.25, -0.2) is 13.2 Å². The van der Waals surface area contributed by atoms with E-state index in [-0.39, 0.29) is 23.6 Å². The topological polar surface area (TPSA) is 84.5 Å². The van der Waals surface area contributed by atoms with Gasteiger partial charge >= 0.3 is 6.03 Å². The zero-order valence-electron chi connectivity index (χ0n) is 13.4. The molecule has 0 aromatic heterocycles. The third-order valence-electron chi connectivity index (χ3n) is 3.71. The molecular weight excluding hydrogens is 316 g/mol. The number of unbranched alkanes of at least 4 members (excludes halogenated alkanes) is 1. The zero-order chi connectivity index (χ0) is 16.7. The Morgan fingerprint density at radius 3 is 2.65 bits per heavy atom. The van der Waals surface area contributed by atoms with Gasteiger partial charge in [0.15, 0.2) is 9.84 Å². The Morgan fingerprint density at radius 1 is 1.26 bits per heavy atom. The number of nitrogens with one attached hydrogen (secondary N) is 2. The summed E-state index contributed by atoms with van der Waals surface area (Å²) < 4.78 is 28.2. The fraction of sp³-hybridized carbons (Fsp3) is 0.562. The van der Waals surface area contributed by atoms with E-state index in [9.17, 15) is 13.2 Å². The van der Waals surface area contributed by atoms with Crippen molar-refractivity contribution in [2.24, 2.45) is 0 Å². The molecule has 1 atom stereocenters. The third-order valence-corrected chi connectivity index (χ3v) is 5.48. The van der Waals surface area contributed by atoms with E-state index in [0.717, 1.165) is 18.6 Å². The van der Waals surface area contributed by atoms with Crippen LogP contribution in [0.25, 0.3) is 0 Å². The summed E-state index contributed by atoms with van der Waals surface area (Å²) in [5.74, 6) is 1.06. The van der Waals surface area contributed by atoms with Crippen molar-refractivity contribution in [2.45, 2.75) is 32.2 Å². The van der Waals surface area contributed by atoms with Crippen molar-refractivity contribution in [2.75, 3.05) is 24.7 Å². The highest BCUT2D eigenvalue weighted by atomic mass is 32.2. The summed E-state index contributed by atoms with van der Waals surface area (Å²) in [6.45, 7) is 3.18. The Bertz CT molecular complexity index is 613. The van der Waals surface area contributed by atoms with Crippen LogP contribution in [0.3, 0.4) is 0 Å². The van der Waals surface area contributed by atoms with Crippen LogP contribution in [0.4, 0.5) is 4.79 Å². The number of hydrogen-bond acceptors (Lipinski definition) is 4. The standard InChI is InChI=1S/C16H24N2O4S/c1-13-4-6-15(7-5-13)22-10-3-2-9-17-16(19)18-14-8-11-23(20,21)12-14/h4-7,14H,2-3,8-12H2,1H3,(H2,17,18,19)/t14-/m1/s1. The molecule has 2 rings (SSSR count). The van der Waals surface area contributed by atoms with Crippen molar-refractivity contribution in [1.82, 2.24) is 10.6 Å². The Balaban J connectivity index is 1.52. The van der Waals surface area contributed by atoms with Gasteiger partial charge in [0.25, 0.3) is 0 Å². The number of carbonyl (C=O) groups is 1. The molecule has 23 heavy (non-hydrogen) atoms. The fourth-order valence-electron chi connectivity index (χ4n) is 2.40. The molecule has 6 nitrogen and oxygen atoms in total. The van der Waals surface area contributed by atoms with E-state index >= 15 is 0 Å². The average molecular weight is 340 g/mol. The van der Waals surface area contributed by atoms with Gasteiger partial charge in [0.1, 0.15) is 5.75 Å². The lowest BCUT2D eigenvalue weighted by Gasteiger charge is -2.12. The number of sulfone groups is 1. The lowest BCUT2D eigenvalue weighted by atomic mass is 10.2. The number of aryl methyl sites for hydroxylation is 1. The van der Waals surface area contributed by atoms with Gasteiger partial charge in [0.2, 0.25) is 0 Å². The second-order valence-electron chi connectivity index (χ2n) is 5.87. The lowest BCUT2D eigenvalue weighted by molar-refractivity contribution is 0.237. The van der Waals surface area contributed by atoms with Crippen molar-refractivity contribution >= 4 is 15.9 Å². The Hall–Kier alpha value is -1.76. The monoisotopic (exact) mass is 340 g/mol. The van der Waals surface area contributed by atoms with Gasteiger partial charge in [0, 0.05) is 12.6 Å². The molecule has 0 bridgehead atoms. The second kappa shape index (κ2) is 8.19. The van der Waals surface area contributed by atoms with Crippen molar-refractivity contribution in [1.29, 1.82) is 0 Å². The minimum atomic E-state index is -2.96. The number of hydrogen-bond donors (Lipinski definition) is 2. The first-order valence-electron chi connectivity index (χ1n) is 7.89. The van der Waals surface area contributed by atoms with Gasteiger partial charge in [0.05, 0.1) is 18.1 Å². The first-order valence-corrected chi connectivity index (χ1v) is 9.71. The summed E-state index contributed by atoms with van der Waals surface area (Å²) in [5, 5.41) is 5.44. The SMILES string of the molecule is Cc1ccc(OCCCCNC(=O)N[C@@H]2CCS(=O)(=O)C2)cc1. The molecule has 1 aromatic rings. The van der Waals surface area contributed by atoms with Gasteiger partial charge in [-0.3, -0.25) is 0 Å². The summed E-state index contributed by atoms with van der Waals surface area (Å²) >= 11 is 0. The van der Waals surface area contributed by atoms with Crippen LogP contribution in [-0.4, -0.2) is 45.1 Å². The van der Waals surface area contributed by atoms with Crippen LogP contribution in [0.1, 0.15) is 24.8 Å². The number of benzene rings is 1. The number of urea groups is 1. The summed E-state index contributed by atoms with van der Waals surface area (Å²) in [6, 6.07) is 7.33. The largest absolute Gasteiger partial charge is 0.494 e. The van der Waals surface area contributed by atoms with Gasteiger partial charge < -0.3 is 15.4 Å². The molecular formula is C16H24N2O4S. The van der Waals surface area contributed by atoms with Crippen molar-refractivity contribution in [3.05, 3.63) is 29.8 Å². The van der Waals surface area contributed by atoms with Gasteiger partial charge in [-0.2, -0.15) is 0 Å². The summed E-state index contributed by atoms with van der Waals surface area (Å²) in [5.41, 5.74) is 1.20. The van der Waals surface area contributed by atoms with Crippen LogP contribution in [0.5, 0.6) is 5.75 Å². The first-order chi connectivity index (χ1) is 10.9. The second-order valence-corrected chi connectivity index (χ2v) is 8.10. The van der Waals surface area contributed by atoms with Crippen LogP contribution in [0.2, 0.25) is 0 Å². The molecule has 1 aliphatic rings. The maximum absolute atomic E-state index is 11.6. The summed E-state index contributed by atoms with van der Waals surface area (Å²) in [7, 11) is -2.96. The van der Waals surface area contributed by atoms with E-state index in [2.05, 4.69) is 10.6 Å². The van der Waals surface area contributed by atoms with E-state index in [4.69, 9.17) is 4.74 Å². The predicted octanol–water partition coefficient (Wildman–Crippen LogP) is 1.64. The number of rotatable bonds is 7. The van der Waals surface area contributed by atoms with E-state index in [1.54, 1.807) is 0 Å². The minimum absolute atomic E-state index is 0.0464. The highest BCUT2D eigenvalue weighted by Gasteiger charge is 2.28.